The first kappa shape index (κ1) is 14.9. The van der Waals surface area contributed by atoms with Gasteiger partial charge in [0.25, 0.3) is 0 Å². The van der Waals surface area contributed by atoms with Gasteiger partial charge in [-0.3, -0.25) is 0 Å². The van der Waals surface area contributed by atoms with Crippen LogP contribution in [0.2, 0.25) is 0 Å². The van der Waals surface area contributed by atoms with Gasteiger partial charge in [0.15, 0.2) is 0 Å². The smallest absolute Gasteiger partial charge is 0.145 e. The molecule has 0 amide bonds. The van der Waals surface area contributed by atoms with E-state index in [9.17, 15) is 8.78 Å². The van der Waals surface area contributed by atoms with Gasteiger partial charge in [0.05, 0.1) is 11.1 Å². The molecule has 2 aromatic carbocycles. The van der Waals surface area contributed by atoms with Gasteiger partial charge in [0.2, 0.25) is 0 Å². The van der Waals surface area contributed by atoms with E-state index in [1.165, 1.54) is 12.1 Å². The lowest BCUT2D eigenvalue weighted by atomic mass is 10.1. The van der Waals surface area contributed by atoms with Crippen molar-refractivity contribution in [3.63, 3.8) is 0 Å². The summed E-state index contributed by atoms with van der Waals surface area (Å²) >= 11 is 3.06. The van der Waals surface area contributed by atoms with E-state index in [0.29, 0.717) is 6.61 Å². The maximum absolute atomic E-state index is 13.9. The second kappa shape index (κ2) is 6.81. The maximum atomic E-state index is 13.9. The van der Waals surface area contributed by atoms with Crippen LogP contribution >= 0.6 is 15.9 Å². The highest BCUT2D eigenvalue weighted by Crippen LogP contribution is 2.23. The van der Waals surface area contributed by atoms with Gasteiger partial charge in [-0.15, -0.1) is 0 Å². The highest BCUT2D eigenvalue weighted by molar-refractivity contribution is 9.10. The standard InChI is InChI=1S/C15H14BrF2NO/c1-20-9-10-4-2-3-5-14(10)19-8-11-13(17)7-6-12(16)15(11)18/h2-7,19H,8-9H2,1H3. The molecule has 0 aliphatic heterocycles. The Bertz CT molecular complexity index is 604. The Kier molecular flexibility index (Phi) is 5.09. The molecule has 20 heavy (non-hydrogen) atoms. The number of hydrogen-bond donors (Lipinski definition) is 1. The number of para-hydroxylation sites is 1. The van der Waals surface area contributed by atoms with Crippen molar-refractivity contribution in [2.75, 3.05) is 12.4 Å². The Hall–Kier alpha value is -1.46. The predicted octanol–water partition coefficient (Wildman–Crippen LogP) is 4.49. The van der Waals surface area contributed by atoms with Crippen molar-refractivity contribution in [2.45, 2.75) is 13.2 Å². The normalized spacial score (nSPS) is 10.6. The molecule has 2 rings (SSSR count). The summed E-state index contributed by atoms with van der Waals surface area (Å²) in [6, 6.07) is 10.1. The van der Waals surface area contributed by atoms with Gasteiger partial charge in [0.1, 0.15) is 11.6 Å². The number of rotatable bonds is 5. The third kappa shape index (κ3) is 3.35. The van der Waals surface area contributed by atoms with Crippen LogP contribution in [0.5, 0.6) is 0 Å². The molecule has 5 heteroatoms. The number of ether oxygens (including phenoxy) is 1. The molecule has 0 saturated heterocycles. The minimum Gasteiger partial charge on any atom is -0.380 e. The van der Waals surface area contributed by atoms with Crippen molar-refractivity contribution in [3.8, 4) is 0 Å². The van der Waals surface area contributed by atoms with Crippen LogP contribution in [0.3, 0.4) is 0 Å². The Morgan fingerprint density at radius 1 is 1.15 bits per heavy atom. The maximum Gasteiger partial charge on any atom is 0.145 e. The number of halogens is 3. The van der Waals surface area contributed by atoms with Crippen LogP contribution in [-0.4, -0.2) is 7.11 Å². The molecular weight excluding hydrogens is 328 g/mol. The molecule has 0 unspecified atom stereocenters. The van der Waals surface area contributed by atoms with Crippen molar-refractivity contribution in [2.24, 2.45) is 0 Å². The molecule has 0 aliphatic rings. The summed E-state index contributed by atoms with van der Waals surface area (Å²) < 4.78 is 32.9. The molecular formula is C15H14BrF2NO. The molecule has 0 spiro atoms. The van der Waals surface area contributed by atoms with Crippen LogP contribution in [-0.2, 0) is 17.9 Å². The van der Waals surface area contributed by atoms with Gasteiger partial charge >= 0.3 is 0 Å². The number of benzene rings is 2. The van der Waals surface area contributed by atoms with E-state index in [4.69, 9.17) is 4.74 Å². The second-order valence-electron chi connectivity index (χ2n) is 4.27. The van der Waals surface area contributed by atoms with Crippen LogP contribution in [0, 0.1) is 11.6 Å². The van der Waals surface area contributed by atoms with Crippen LogP contribution in [0.15, 0.2) is 40.9 Å². The molecule has 2 nitrogen and oxygen atoms in total. The molecule has 0 fully saturated rings. The zero-order chi connectivity index (χ0) is 14.5. The summed E-state index contributed by atoms with van der Waals surface area (Å²) in [6.45, 7) is 0.504. The molecule has 106 valence electrons. The van der Waals surface area contributed by atoms with Crippen LogP contribution in [0.4, 0.5) is 14.5 Å². The average molecular weight is 342 g/mol. The van der Waals surface area contributed by atoms with Gasteiger partial charge in [-0.1, -0.05) is 18.2 Å². The van der Waals surface area contributed by atoms with E-state index in [0.717, 1.165) is 11.3 Å². The minimum atomic E-state index is -0.582. The van der Waals surface area contributed by atoms with Gasteiger partial charge < -0.3 is 10.1 Å². The molecule has 0 heterocycles. The monoisotopic (exact) mass is 341 g/mol. The van der Waals surface area contributed by atoms with E-state index in [-0.39, 0.29) is 16.6 Å². The van der Waals surface area contributed by atoms with Crippen molar-refractivity contribution >= 4 is 21.6 Å². The summed E-state index contributed by atoms with van der Waals surface area (Å²) in [5.41, 5.74) is 1.74. The fourth-order valence-corrected chi connectivity index (χ4v) is 2.26. The summed E-state index contributed by atoms with van der Waals surface area (Å²) in [7, 11) is 1.60. The van der Waals surface area contributed by atoms with Gasteiger partial charge in [-0.25, -0.2) is 8.78 Å². The van der Waals surface area contributed by atoms with E-state index in [1.54, 1.807) is 7.11 Å². The third-order valence-corrected chi connectivity index (χ3v) is 3.52. The molecule has 0 aromatic heterocycles. The molecule has 1 N–H and O–H groups in total. The van der Waals surface area contributed by atoms with Crippen molar-refractivity contribution < 1.29 is 13.5 Å². The quantitative estimate of drug-likeness (QED) is 0.809. The first-order chi connectivity index (χ1) is 9.63. The minimum absolute atomic E-state index is 0.00611. The van der Waals surface area contributed by atoms with E-state index < -0.39 is 11.6 Å². The topological polar surface area (TPSA) is 21.3 Å². The highest BCUT2D eigenvalue weighted by Gasteiger charge is 2.12. The Labute approximate surface area is 124 Å². The Balaban J connectivity index is 2.19. The van der Waals surface area contributed by atoms with Gasteiger partial charge in [-0.05, 0) is 34.1 Å². The van der Waals surface area contributed by atoms with Crippen molar-refractivity contribution in [1.82, 2.24) is 0 Å². The SMILES string of the molecule is COCc1ccccc1NCc1c(F)ccc(Br)c1F. The van der Waals surface area contributed by atoms with E-state index in [2.05, 4.69) is 21.2 Å². The summed E-state index contributed by atoms with van der Waals surface area (Å²) in [5.74, 6) is -1.15. The summed E-state index contributed by atoms with van der Waals surface area (Å²) in [4.78, 5) is 0. The van der Waals surface area contributed by atoms with Crippen LogP contribution in [0.1, 0.15) is 11.1 Å². The third-order valence-electron chi connectivity index (χ3n) is 2.91. The second-order valence-corrected chi connectivity index (χ2v) is 5.12. The summed E-state index contributed by atoms with van der Waals surface area (Å²) in [6.07, 6.45) is 0. The number of methoxy groups -OCH3 is 1. The van der Waals surface area contributed by atoms with Gasteiger partial charge in [0, 0.05) is 30.5 Å². The molecule has 0 radical (unpaired) electrons. The first-order valence-electron chi connectivity index (χ1n) is 6.06. The predicted molar refractivity (Wildman–Crippen MR) is 78.5 cm³/mol. The van der Waals surface area contributed by atoms with Crippen LogP contribution in [0.25, 0.3) is 0 Å². The highest BCUT2D eigenvalue weighted by atomic mass is 79.9. The zero-order valence-electron chi connectivity index (χ0n) is 10.9. The average Bonchev–Trinajstić information content (AvgIpc) is 2.45. The van der Waals surface area contributed by atoms with Crippen molar-refractivity contribution in [1.29, 1.82) is 0 Å². The van der Waals surface area contributed by atoms with Crippen molar-refractivity contribution in [3.05, 3.63) is 63.6 Å². The van der Waals surface area contributed by atoms with E-state index in [1.807, 2.05) is 24.3 Å². The lowest BCUT2D eigenvalue weighted by Gasteiger charge is -2.13. The molecule has 0 atom stereocenters. The molecule has 0 saturated carbocycles. The lowest BCUT2D eigenvalue weighted by Crippen LogP contribution is -2.07. The Morgan fingerprint density at radius 3 is 2.65 bits per heavy atom. The molecule has 2 aromatic rings. The molecule has 0 aliphatic carbocycles. The fraction of sp³-hybridized carbons (Fsp3) is 0.200. The zero-order valence-corrected chi connectivity index (χ0v) is 12.5. The largest absolute Gasteiger partial charge is 0.380 e. The van der Waals surface area contributed by atoms with E-state index >= 15 is 0 Å². The molecule has 0 bridgehead atoms. The number of hydrogen-bond acceptors (Lipinski definition) is 2. The number of nitrogens with one attached hydrogen (secondary N) is 1. The fourth-order valence-electron chi connectivity index (χ4n) is 1.89. The first-order valence-corrected chi connectivity index (χ1v) is 6.86. The van der Waals surface area contributed by atoms with Gasteiger partial charge in [-0.2, -0.15) is 0 Å². The number of anilines is 1. The lowest BCUT2D eigenvalue weighted by molar-refractivity contribution is 0.185. The Morgan fingerprint density at radius 2 is 1.90 bits per heavy atom. The van der Waals surface area contributed by atoms with Crippen LogP contribution < -0.4 is 5.32 Å². The summed E-state index contributed by atoms with van der Waals surface area (Å²) in [5, 5.41) is 3.04.